The van der Waals surface area contributed by atoms with E-state index >= 15 is 0 Å². The third-order valence-corrected chi connectivity index (χ3v) is 6.59. The van der Waals surface area contributed by atoms with Gasteiger partial charge in [-0.25, -0.2) is 17.1 Å². The second kappa shape index (κ2) is 10.3. The maximum absolute atomic E-state index is 13.8. The highest BCUT2D eigenvalue weighted by Gasteiger charge is 2.39. The first-order valence-electron chi connectivity index (χ1n) is 8.68. The van der Waals surface area contributed by atoms with Gasteiger partial charge in [-0.3, -0.25) is 4.68 Å². The van der Waals surface area contributed by atoms with E-state index in [1.807, 2.05) is 0 Å². The van der Waals surface area contributed by atoms with Crippen LogP contribution in [0.4, 0.5) is 17.6 Å². The number of hydrogen-bond donors (Lipinski definition) is 1. The zero-order chi connectivity index (χ0) is 22.9. The van der Waals surface area contributed by atoms with E-state index in [0.717, 1.165) is 10.4 Å². The van der Waals surface area contributed by atoms with Crippen LogP contribution in [0.25, 0.3) is 0 Å². The molecule has 0 amide bonds. The van der Waals surface area contributed by atoms with E-state index in [2.05, 4.69) is 5.10 Å². The lowest BCUT2D eigenvalue weighted by Gasteiger charge is -2.14. The molecule has 0 radical (unpaired) electrons. The Morgan fingerprint density at radius 1 is 1.32 bits per heavy atom. The molecule has 13 heteroatoms. The molecule has 174 valence electrons. The number of benzene rings is 1. The van der Waals surface area contributed by atoms with Gasteiger partial charge in [-0.05, 0) is 30.7 Å². The zero-order valence-electron chi connectivity index (χ0n) is 16.9. The fourth-order valence-electron chi connectivity index (χ4n) is 2.86. The van der Waals surface area contributed by atoms with Gasteiger partial charge in [-0.15, -0.1) is 12.4 Å². The third kappa shape index (κ3) is 6.19. The van der Waals surface area contributed by atoms with Crippen molar-refractivity contribution in [1.29, 1.82) is 0 Å². The molecule has 0 aliphatic carbocycles. The SMILES string of the molecule is Cc1nn(C/C(F)=C/CN)c(C(F)(F)F)c1Cc1ccc(S(=O)(=O)N(C)C)c(Cl)c1.Cl. The molecule has 0 spiro atoms. The van der Waals surface area contributed by atoms with E-state index in [-0.39, 0.29) is 46.5 Å². The molecule has 1 aromatic heterocycles. The minimum atomic E-state index is -4.78. The average Bonchev–Trinajstić information content (AvgIpc) is 2.89. The van der Waals surface area contributed by atoms with Gasteiger partial charge in [0.25, 0.3) is 0 Å². The summed E-state index contributed by atoms with van der Waals surface area (Å²) in [6.07, 6.45) is -4.02. The van der Waals surface area contributed by atoms with Gasteiger partial charge >= 0.3 is 6.18 Å². The summed E-state index contributed by atoms with van der Waals surface area (Å²) in [4.78, 5) is -0.157. The smallest absolute Gasteiger partial charge is 0.327 e. The quantitative estimate of drug-likeness (QED) is 0.579. The molecule has 0 fully saturated rings. The highest BCUT2D eigenvalue weighted by Crippen LogP contribution is 2.36. The Balaban J connectivity index is 0.00000480. The van der Waals surface area contributed by atoms with E-state index in [1.54, 1.807) is 0 Å². The van der Waals surface area contributed by atoms with Gasteiger partial charge in [0, 0.05) is 32.6 Å². The van der Waals surface area contributed by atoms with Gasteiger partial charge in [-0.2, -0.15) is 18.3 Å². The molecule has 6 nitrogen and oxygen atoms in total. The average molecular weight is 505 g/mol. The Hall–Kier alpha value is -1.66. The number of nitrogens with two attached hydrogens (primary N) is 1. The van der Waals surface area contributed by atoms with Crippen molar-refractivity contribution in [3.63, 3.8) is 0 Å². The van der Waals surface area contributed by atoms with E-state index < -0.39 is 34.3 Å². The van der Waals surface area contributed by atoms with Crippen molar-refractivity contribution in [2.24, 2.45) is 5.73 Å². The number of sulfonamides is 1. The van der Waals surface area contributed by atoms with Crippen LogP contribution in [0.5, 0.6) is 0 Å². The summed E-state index contributed by atoms with van der Waals surface area (Å²) >= 11 is 6.08. The maximum atomic E-state index is 13.8. The summed E-state index contributed by atoms with van der Waals surface area (Å²) in [5.74, 6) is -0.835. The summed E-state index contributed by atoms with van der Waals surface area (Å²) in [7, 11) is -1.13. The molecule has 0 saturated heterocycles. The van der Waals surface area contributed by atoms with Crippen LogP contribution in [0.1, 0.15) is 22.5 Å². The summed E-state index contributed by atoms with van der Waals surface area (Å²) in [6.45, 7) is 0.534. The van der Waals surface area contributed by atoms with Gasteiger partial charge in [-0.1, -0.05) is 17.7 Å². The number of halogens is 6. The minimum Gasteiger partial charge on any atom is -0.327 e. The summed E-state index contributed by atoms with van der Waals surface area (Å²) in [5, 5.41) is 3.72. The van der Waals surface area contributed by atoms with Crippen LogP contribution in [0.3, 0.4) is 0 Å². The molecule has 0 aliphatic rings. The maximum Gasteiger partial charge on any atom is 0.433 e. The number of aryl methyl sites for hydroxylation is 1. The highest BCUT2D eigenvalue weighted by atomic mass is 35.5. The normalized spacial score (nSPS) is 12.9. The Morgan fingerprint density at radius 2 is 1.94 bits per heavy atom. The number of nitrogens with zero attached hydrogens (tertiary/aromatic N) is 3. The van der Waals surface area contributed by atoms with Gasteiger partial charge < -0.3 is 5.73 Å². The summed E-state index contributed by atoms with van der Waals surface area (Å²) in [6, 6.07) is 3.92. The van der Waals surface area contributed by atoms with Crippen LogP contribution in [0.15, 0.2) is 35.0 Å². The first-order chi connectivity index (χ1) is 13.8. The van der Waals surface area contributed by atoms with Gasteiger partial charge in [0.2, 0.25) is 10.0 Å². The van der Waals surface area contributed by atoms with Crippen LogP contribution < -0.4 is 5.73 Å². The van der Waals surface area contributed by atoms with Crippen LogP contribution in [-0.2, 0) is 29.2 Å². The predicted molar refractivity (Wildman–Crippen MR) is 113 cm³/mol. The van der Waals surface area contributed by atoms with E-state index in [4.69, 9.17) is 17.3 Å². The monoisotopic (exact) mass is 504 g/mol. The molecule has 0 unspecified atom stereocenters. The molecule has 31 heavy (non-hydrogen) atoms. The Morgan fingerprint density at radius 3 is 2.42 bits per heavy atom. The standard InChI is InChI=1S/C18H21ClF4N4O2S.ClH/c1-11-14(17(18(21,22)23)27(25-11)10-13(20)6-7-24)8-12-4-5-16(15(19)9-12)30(28,29)26(2)3;/h4-6,9H,7-8,10,24H2,1-3H3;1H/b13-6-;. The molecule has 2 rings (SSSR count). The van der Waals surface area contributed by atoms with Gasteiger partial charge in [0.05, 0.1) is 17.3 Å². The summed E-state index contributed by atoms with van der Waals surface area (Å²) in [5.41, 5.74) is 4.38. The largest absolute Gasteiger partial charge is 0.433 e. The summed E-state index contributed by atoms with van der Waals surface area (Å²) < 4.78 is 80.9. The molecular formula is C18H22Cl2F4N4O2S. The molecule has 2 N–H and O–H groups in total. The number of rotatable bonds is 7. The third-order valence-electron chi connectivity index (χ3n) is 4.30. The molecule has 0 aliphatic heterocycles. The fourth-order valence-corrected chi connectivity index (χ4v) is 4.30. The van der Waals surface area contributed by atoms with Crippen molar-refractivity contribution >= 4 is 34.0 Å². The van der Waals surface area contributed by atoms with Crippen molar-refractivity contribution in [3.8, 4) is 0 Å². The lowest BCUT2D eigenvalue weighted by Crippen LogP contribution is -2.22. The highest BCUT2D eigenvalue weighted by molar-refractivity contribution is 7.89. The first-order valence-corrected chi connectivity index (χ1v) is 10.5. The topological polar surface area (TPSA) is 81.2 Å². The van der Waals surface area contributed by atoms with Crippen molar-refractivity contribution < 1.29 is 26.0 Å². The Bertz CT molecular complexity index is 1070. The Kier molecular flexibility index (Phi) is 9.10. The lowest BCUT2D eigenvalue weighted by atomic mass is 10.0. The molecule has 0 saturated carbocycles. The zero-order valence-corrected chi connectivity index (χ0v) is 19.3. The molecular weight excluding hydrogens is 483 g/mol. The number of allylic oxidation sites excluding steroid dienone is 1. The van der Waals surface area contributed by atoms with Crippen LogP contribution in [0, 0.1) is 6.92 Å². The first kappa shape index (κ1) is 27.4. The van der Waals surface area contributed by atoms with E-state index in [1.165, 1.54) is 39.2 Å². The molecule has 2 aromatic rings. The number of hydrogen-bond acceptors (Lipinski definition) is 4. The molecule has 0 atom stereocenters. The number of aromatic nitrogens is 2. The van der Waals surface area contributed by atoms with Crippen molar-refractivity contribution in [2.75, 3.05) is 20.6 Å². The van der Waals surface area contributed by atoms with Crippen molar-refractivity contribution in [1.82, 2.24) is 14.1 Å². The van der Waals surface area contributed by atoms with Gasteiger partial charge in [0.1, 0.15) is 16.4 Å². The lowest BCUT2D eigenvalue weighted by molar-refractivity contribution is -0.144. The minimum absolute atomic E-state index is 0. The number of alkyl halides is 3. The molecule has 1 heterocycles. The fraction of sp³-hybridized carbons (Fsp3) is 0.389. The molecule has 1 aromatic carbocycles. The van der Waals surface area contributed by atoms with Crippen LogP contribution in [0.2, 0.25) is 5.02 Å². The van der Waals surface area contributed by atoms with Crippen LogP contribution in [-0.4, -0.2) is 43.1 Å². The van der Waals surface area contributed by atoms with E-state index in [9.17, 15) is 26.0 Å². The van der Waals surface area contributed by atoms with Crippen molar-refractivity contribution in [3.05, 3.63) is 57.6 Å². The molecule has 0 bridgehead atoms. The second-order valence-corrected chi connectivity index (χ2v) is 9.21. The van der Waals surface area contributed by atoms with Crippen molar-refractivity contribution in [2.45, 2.75) is 31.0 Å². The van der Waals surface area contributed by atoms with Gasteiger partial charge in [0.15, 0.2) is 0 Å². The van der Waals surface area contributed by atoms with Crippen LogP contribution >= 0.6 is 24.0 Å². The Labute approximate surface area is 189 Å². The predicted octanol–water partition coefficient (Wildman–Crippen LogP) is 3.94. The second-order valence-electron chi connectivity index (χ2n) is 6.68. The van der Waals surface area contributed by atoms with E-state index in [0.29, 0.717) is 10.2 Å².